The van der Waals surface area contributed by atoms with Crippen LogP contribution in [-0.2, 0) is 14.3 Å². The van der Waals surface area contributed by atoms with E-state index in [2.05, 4.69) is 26.1 Å². The van der Waals surface area contributed by atoms with Crippen molar-refractivity contribution < 1.29 is 18.7 Å². The minimum absolute atomic E-state index is 0.0864. The maximum atomic E-state index is 13.2. The molecule has 1 aliphatic heterocycles. The van der Waals surface area contributed by atoms with Gasteiger partial charge >= 0.3 is 5.97 Å². The van der Waals surface area contributed by atoms with Crippen molar-refractivity contribution in [2.45, 2.75) is 65.4 Å². The van der Waals surface area contributed by atoms with Crippen molar-refractivity contribution >= 4 is 23.5 Å². The van der Waals surface area contributed by atoms with Gasteiger partial charge in [0, 0.05) is 29.0 Å². The average Bonchev–Trinajstić information content (AvgIpc) is 2.93. The highest BCUT2D eigenvalue weighted by atomic mass is 32.2. The van der Waals surface area contributed by atoms with Crippen molar-refractivity contribution in [2.24, 2.45) is 5.41 Å². The third-order valence-electron chi connectivity index (χ3n) is 5.27. The second kappa shape index (κ2) is 7.82. The largest absolute Gasteiger partial charge is 0.463 e. The molecule has 0 spiro atoms. The number of carbonyl (C=O) groups is 2. The van der Waals surface area contributed by atoms with Gasteiger partial charge in [0.25, 0.3) is 0 Å². The number of allylic oxidation sites excluding steroid dienone is 3. The Balaban J connectivity index is 2.18. The Morgan fingerprint density at radius 2 is 2.04 bits per heavy atom. The molecule has 0 bridgehead atoms. The van der Waals surface area contributed by atoms with Crippen molar-refractivity contribution in [2.75, 3.05) is 12.4 Å². The van der Waals surface area contributed by atoms with E-state index in [1.807, 2.05) is 19.9 Å². The molecule has 28 heavy (non-hydrogen) atoms. The van der Waals surface area contributed by atoms with Gasteiger partial charge in [-0.15, -0.1) is 0 Å². The zero-order valence-electron chi connectivity index (χ0n) is 17.5. The molecule has 1 atom stereocenters. The third-order valence-corrected chi connectivity index (χ3v) is 6.04. The summed E-state index contributed by atoms with van der Waals surface area (Å²) in [5.74, 6) is 0.880. The molecule has 2 heterocycles. The predicted molar refractivity (Wildman–Crippen MR) is 110 cm³/mol. The highest BCUT2D eigenvalue weighted by Crippen LogP contribution is 2.48. The molecule has 1 aromatic heterocycles. The Morgan fingerprint density at radius 1 is 1.32 bits per heavy atom. The molecular weight excluding hydrogens is 374 g/mol. The summed E-state index contributed by atoms with van der Waals surface area (Å²) in [5.41, 5.74) is 3.63. The van der Waals surface area contributed by atoms with Crippen molar-refractivity contribution in [1.29, 1.82) is 0 Å². The molecule has 1 unspecified atom stereocenters. The minimum Gasteiger partial charge on any atom is -0.463 e. The van der Waals surface area contributed by atoms with Gasteiger partial charge in [-0.3, -0.25) is 4.79 Å². The van der Waals surface area contributed by atoms with Gasteiger partial charge in [0.1, 0.15) is 5.76 Å². The maximum absolute atomic E-state index is 13.2. The Bertz CT molecular complexity index is 875. The van der Waals surface area contributed by atoms with Gasteiger partial charge < -0.3 is 14.5 Å². The van der Waals surface area contributed by atoms with Crippen LogP contribution >= 0.6 is 11.8 Å². The van der Waals surface area contributed by atoms with Gasteiger partial charge in [-0.05, 0) is 44.4 Å². The molecule has 0 fully saturated rings. The topological polar surface area (TPSA) is 68.5 Å². The molecule has 1 N–H and O–H groups in total. The zero-order valence-corrected chi connectivity index (χ0v) is 18.3. The summed E-state index contributed by atoms with van der Waals surface area (Å²) in [7, 11) is 0. The monoisotopic (exact) mass is 403 g/mol. The minimum atomic E-state index is -0.450. The van der Waals surface area contributed by atoms with Crippen LogP contribution in [0.15, 0.2) is 38.1 Å². The third kappa shape index (κ3) is 3.79. The van der Waals surface area contributed by atoms with Gasteiger partial charge in [-0.25, -0.2) is 4.79 Å². The first-order valence-corrected chi connectivity index (χ1v) is 10.8. The summed E-state index contributed by atoms with van der Waals surface area (Å²) in [5, 5.41) is 4.15. The molecule has 3 rings (SSSR count). The lowest BCUT2D eigenvalue weighted by atomic mass is 9.68. The molecule has 152 valence electrons. The Labute approximate surface area is 171 Å². The number of furan rings is 1. The van der Waals surface area contributed by atoms with E-state index in [0.29, 0.717) is 17.6 Å². The van der Waals surface area contributed by atoms with E-state index in [9.17, 15) is 9.59 Å². The second-order valence-corrected chi connectivity index (χ2v) is 9.43. The maximum Gasteiger partial charge on any atom is 0.336 e. The smallest absolute Gasteiger partial charge is 0.336 e. The molecule has 0 saturated carbocycles. The van der Waals surface area contributed by atoms with Crippen molar-refractivity contribution in [3.8, 4) is 0 Å². The average molecular weight is 404 g/mol. The summed E-state index contributed by atoms with van der Waals surface area (Å²) in [6.07, 6.45) is 1.23. The Morgan fingerprint density at radius 3 is 2.68 bits per heavy atom. The number of hydrogen-bond acceptors (Lipinski definition) is 6. The lowest BCUT2D eigenvalue weighted by Gasteiger charge is -2.39. The van der Waals surface area contributed by atoms with Gasteiger partial charge in [-0.1, -0.05) is 32.5 Å². The summed E-state index contributed by atoms with van der Waals surface area (Å²) < 4.78 is 11.3. The molecule has 0 radical (unpaired) electrons. The quantitative estimate of drug-likeness (QED) is 0.559. The van der Waals surface area contributed by atoms with Crippen molar-refractivity contribution in [1.82, 2.24) is 5.32 Å². The van der Waals surface area contributed by atoms with E-state index in [4.69, 9.17) is 9.15 Å². The molecule has 1 aromatic rings. The van der Waals surface area contributed by atoms with Crippen LogP contribution in [-0.4, -0.2) is 24.1 Å². The van der Waals surface area contributed by atoms with E-state index in [0.717, 1.165) is 40.0 Å². The van der Waals surface area contributed by atoms with Crippen molar-refractivity contribution in [3.63, 3.8) is 0 Å². The summed E-state index contributed by atoms with van der Waals surface area (Å²) in [6, 6.07) is 1.98. The molecule has 2 aliphatic rings. The van der Waals surface area contributed by atoms with E-state index in [1.165, 1.54) is 0 Å². The van der Waals surface area contributed by atoms with Gasteiger partial charge in [0.15, 0.2) is 10.9 Å². The molecular formula is C22H29NO4S. The van der Waals surface area contributed by atoms with E-state index < -0.39 is 5.92 Å². The fourth-order valence-corrected chi connectivity index (χ4v) is 4.87. The van der Waals surface area contributed by atoms with Gasteiger partial charge in [0.05, 0.1) is 18.1 Å². The number of nitrogens with one attached hydrogen (secondary N) is 1. The van der Waals surface area contributed by atoms with Crippen LogP contribution in [0.4, 0.5) is 0 Å². The van der Waals surface area contributed by atoms with Crippen LogP contribution in [0.5, 0.6) is 0 Å². The second-order valence-electron chi connectivity index (χ2n) is 8.16. The normalized spacial score (nSPS) is 21.5. The van der Waals surface area contributed by atoms with E-state index in [1.54, 1.807) is 18.7 Å². The highest BCUT2D eigenvalue weighted by molar-refractivity contribution is 7.99. The summed E-state index contributed by atoms with van der Waals surface area (Å²) in [4.78, 5) is 26.1. The number of thioether (sulfide) groups is 1. The number of carbonyl (C=O) groups excluding carboxylic acids is 2. The lowest BCUT2D eigenvalue weighted by Crippen LogP contribution is -2.38. The standard InChI is InChI=1S/C22H29NO4S/c1-7-26-21(25)18-12(3)23-15-10-22(5,6)11-16(24)20(15)19(18)14-9-17(28-8-2)27-13(14)4/h9,19,23H,7-8,10-11H2,1-6H3. The van der Waals surface area contributed by atoms with Crippen LogP contribution in [0.3, 0.4) is 0 Å². The summed E-state index contributed by atoms with van der Waals surface area (Å²) in [6.45, 7) is 12.1. The SMILES string of the molecule is CCOC(=O)C1=C(C)NC2=C(C(=O)CC(C)(C)C2)C1c1cc(SCC)oc1C. The number of dihydropyridines is 1. The molecule has 5 nitrogen and oxygen atoms in total. The van der Waals surface area contributed by atoms with Crippen LogP contribution < -0.4 is 5.32 Å². The predicted octanol–water partition coefficient (Wildman–Crippen LogP) is 4.87. The number of Topliss-reactive ketones (excluding diaryl/α,β-unsaturated/α-hetero) is 1. The number of rotatable bonds is 5. The fourth-order valence-electron chi connectivity index (χ4n) is 4.19. The van der Waals surface area contributed by atoms with Crippen LogP contribution in [0.25, 0.3) is 0 Å². The summed E-state index contributed by atoms with van der Waals surface area (Å²) >= 11 is 1.61. The molecule has 0 saturated heterocycles. The molecule has 0 amide bonds. The lowest BCUT2D eigenvalue weighted by molar-refractivity contribution is -0.138. The van der Waals surface area contributed by atoms with Gasteiger partial charge in [0.2, 0.25) is 0 Å². The number of ketones is 1. The Kier molecular flexibility index (Phi) is 5.80. The van der Waals surface area contributed by atoms with Crippen LogP contribution in [0, 0.1) is 12.3 Å². The van der Waals surface area contributed by atoms with Crippen molar-refractivity contribution in [3.05, 3.63) is 39.9 Å². The number of aryl methyl sites for hydroxylation is 1. The zero-order chi connectivity index (χ0) is 20.6. The first kappa shape index (κ1) is 20.8. The van der Waals surface area contributed by atoms with E-state index >= 15 is 0 Å². The molecule has 1 aliphatic carbocycles. The first-order valence-electron chi connectivity index (χ1n) is 9.82. The number of esters is 1. The molecule has 6 heteroatoms. The first-order chi connectivity index (χ1) is 13.2. The van der Waals surface area contributed by atoms with Crippen LogP contribution in [0.2, 0.25) is 0 Å². The number of hydrogen-bond donors (Lipinski definition) is 1. The number of ether oxygens (including phenoxy) is 1. The van der Waals surface area contributed by atoms with E-state index in [-0.39, 0.29) is 23.8 Å². The fraction of sp³-hybridized carbons (Fsp3) is 0.545. The van der Waals surface area contributed by atoms with Gasteiger partial charge in [-0.2, -0.15) is 0 Å². The van der Waals surface area contributed by atoms with Crippen LogP contribution in [0.1, 0.15) is 64.7 Å². The highest BCUT2D eigenvalue weighted by Gasteiger charge is 2.44. The Hall–Kier alpha value is -1.95. The molecule has 0 aromatic carbocycles.